The monoisotopic (exact) mass is 438 g/mol. The molecule has 3 aromatic heterocycles. The van der Waals surface area contributed by atoms with E-state index in [-0.39, 0.29) is 0 Å². The van der Waals surface area contributed by atoms with Crippen LogP contribution in [0, 0.1) is 11.3 Å². The van der Waals surface area contributed by atoms with Gasteiger partial charge in [-0.2, -0.15) is 5.26 Å². The Bertz CT molecular complexity index is 1270. The third-order valence-corrected chi connectivity index (χ3v) is 5.86. The number of benzene rings is 1. The minimum atomic E-state index is 0.548. The largest absolute Gasteiger partial charge is 0.372 e. The molecule has 0 aliphatic carbocycles. The van der Waals surface area contributed by atoms with Crippen LogP contribution >= 0.6 is 0 Å². The summed E-state index contributed by atoms with van der Waals surface area (Å²) >= 11 is 0. The van der Waals surface area contributed by atoms with E-state index >= 15 is 0 Å². The average Bonchev–Trinajstić information content (AvgIpc) is 3.36. The first kappa shape index (κ1) is 20.8. The lowest BCUT2D eigenvalue weighted by atomic mass is 10.1. The molecular weight excluding hydrogens is 412 g/mol. The quantitative estimate of drug-likeness (QED) is 0.418. The van der Waals surface area contributed by atoms with Crippen LogP contribution in [0.25, 0.3) is 16.9 Å². The molecule has 4 heterocycles. The number of nitriles is 1. The number of rotatable bonds is 7. The summed E-state index contributed by atoms with van der Waals surface area (Å²) in [5.41, 5.74) is 4.65. The molecule has 8 nitrogen and oxygen atoms in total. The van der Waals surface area contributed by atoms with E-state index in [0.29, 0.717) is 18.7 Å². The molecule has 1 aliphatic rings. The average molecular weight is 439 g/mol. The van der Waals surface area contributed by atoms with Crippen LogP contribution < -0.4 is 15.5 Å². The first-order valence-corrected chi connectivity index (χ1v) is 11.3. The summed E-state index contributed by atoms with van der Waals surface area (Å²) in [4.78, 5) is 16.1. The van der Waals surface area contributed by atoms with Gasteiger partial charge in [-0.1, -0.05) is 12.1 Å². The number of imidazole rings is 1. The predicted octanol–water partition coefficient (Wildman–Crippen LogP) is 4.18. The third-order valence-electron chi connectivity index (χ3n) is 5.86. The van der Waals surface area contributed by atoms with E-state index in [1.807, 2.05) is 16.7 Å². The van der Waals surface area contributed by atoms with Crippen molar-refractivity contribution in [3.05, 3.63) is 66.6 Å². The molecule has 1 fully saturated rings. The molecule has 0 spiro atoms. The number of pyridine rings is 1. The highest BCUT2D eigenvalue weighted by atomic mass is 15.2. The van der Waals surface area contributed by atoms with Crippen LogP contribution in [0.15, 0.2) is 61.1 Å². The normalized spacial score (nSPS) is 13.6. The smallest absolute Gasteiger partial charge is 0.209 e. The fourth-order valence-electron chi connectivity index (χ4n) is 4.14. The number of fused-ring (bicyclic) bond motifs is 1. The van der Waals surface area contributed by atoms with Gasteiger partial charge in [-0.05, 0) is 43.5 Å². The van der Waals surface area contributed by atoms with E-state index in [0.717, 1.165) is 41.8 Å². The molecule has 166 valence electrons. The second-order valence-electron chi connectivity index (χ2n) is 8.12. The summed E-state index contributed by atoms with van der Waals surface area (Å²) in [6.07, 6.45) is 9.09. The number of hydrogen-bond acceptors (Lipinski definition) is 7. The Morgan fingerprint density at radius 2 is 1.85 bits per heavy atom. The van der Waals surface area contributed by atoms with Crippen molar-refractivity contribution in [2.24, 2.45) is 0 Å². The molecule has 0 atom stereocenters. The fraction of sp³-hybridized carbons (Fsp3) is 0.280. The van der Waals surface area contributed by atoms with Gasteiger partial charge in [0.2, 0.25) is 5.95 Å². The zero-order chi connectivity index (χ0) is 22.5. The Morgan fingerprint density at radius 1 is 0.970 bits per heavy atom. The summed E-state index contributed by atoms with van der Waals surface area (Å²) < 4.78 is 1.96. The van der Waals surface area contributed by atoms with Crippen LogP contribution in [0.2, 0.25) is 0 Å². The Labute approximate surface area is 192 Å². The summed E-state index contributed by atoms with van der Waals surface area (Å²) in [7, 11) is 0. The molecular formula is C25H26N8. The van der Waals surface area contributed by atoms with Crippen molar-refractivity contribution in [3.8, 4) is 17.3 Å². The molecule has 33 heavy (non-hydrogen) atoms. The van der Waals surface area contributed by atoms with Gasteiger partial charge in [-0.15, -0.1) is 0 Å². The van der Waals surface area contributed by atoms with Gasteiger partial charge in [0.05, 0.1) is 11.3 Å². The molecule has 8 heteroatoms. The van der Waals surface area contributed by atoms with Gasteiger partial charge in [0, 0.05) is 62.1 Å². The number of nitrogens with one attached hydrogen (secondary N) is 2. The van der Waals surface area contributed by atoms with Crippen LogP contribution in [0.5, 0.6) is 0 Å². The molecule has 0 radical (unpaired) electrons. The predicted molar refractivity (Wildman–Crippen MR) is 130 cm³/mol. The van der Waals surface area contributed by atoms with Crippen LogP contribution in [0.1, 0.15) is 24.8 Å². The minimum Gasteiger partial charge on any atom is -0.372 e. The molecule has 5 rings (SSSR count). The lowest BCUT2D eigenvalue weighted by molar-refractivity contribution is 0.578. The van der Waals surface area contributed by atoms with Crippen molar-refractivity contribution in [1.82, 2.24) is 19.4 Å². The molecule has 0 bridgehead atoms. The van der Waals surface area contributed by atoms with Crippen molar-refractivity contribution in [1.29, 1.82) is 5.26 Å². The molecule has 1 aromatic carbocycles. The van der Waals surface area contributed by atoms with Crippen molar-refractivity contribution in [3.63, 3.8) is 0 Å². The highest BCUT2D eigenvalue weighted by Gasteiger charge is 2.13. The van der Waals surface area contributed by atoms with Gasteiger partial charge >= 0.3 is 0 Å². The van der Waals surface area contributed by atoms with Gasteiger partial charge in [0.15, 0.2) is 0 Å². The maximum Gasteiger partial charge on any atom is 0.209 e. The number of hydrogen-bond donors (Lipinski definition) is 2. The van der Waals surface area contributed by atoms with Crippen LogP contribution in [0.3, 0.4) is 0 Å². The zero-order valence-corrected chi connectivity index (χ0v) is 18.4. The number of piperidine rings is 1. The maximum absolute atomic E-state index is 8.89. The van der Waals surface area contributed by atoms with E-state index in [4.69, 9.17) is 10.2 Å². The van der Waals surface area contributed by atoms with Crippen LogP contribution in [-0.4, -0.2) is 45.5 Å². The number of nitrogens with zero attached hydrogens (tertiary/aromatic N) is 6. The van der Waals surface area contributed by atoms with E-state index in [1.165, 1.54) is 24.9 Å². The van der Waals surface area contributed by atoms with E-state index < -0.39 is 0 Å². The Hall–Kier alpha value is -4.12. The topological polar surface area (TPSA) is 94.2 Å². The van der Waals surface area contributed by atoms with Crippen LogP contribution in [0.4, 0.5) is 17.5 Å². The van der Waals surface area contributed by atoms with Crippen LogP contribution in [-0.2, 0) is 0 Å². The fourth-order valence-corrected chi connectivity index (χ4v) is 4.14. The minimum absolute atomic E-state index is 0.548. The Balaban J connectivity index is 1.31. The molecule has 0 amide bonds. The summed E-state index contributed by atoms with van der Waals surface area (Å²) in [5, 5.41) is 15.6. The Kier molecular flexibility index (Phi) is 6.02. The van der Waals surface area contributed by atoms with E-state index in [2.05, 4.69) is 55.8 Å². The second-order valence-corrected chi connectivity index (χ2v) is 8.12. The third kappa shape index (κ3) is 4.72. The van der Waals surface area contributed by atoms with E-state index in [9.17, 15) is 0 Å². The van der Waals surface area contributed by atoms with Gasteiger partial charge in [-0.3, -0.25) is 4.40 Å². The molecule has 1 saturated heterocycles. The Morgan fingerprint density at radius 3 is 2.67 bits per heavy atom. The van der Waals surface area contributed by atoms with Crippen molar-refractivity contribution >= 4 is 23.1 Å². The zero-order valence-electron chi connectivity index (χ0n) is 18.4. The number of anilines is 3. The summed E-state index contributed by atoms with van der Waals surface area (Å²) in [6, 6.07) is 16.3. The molecule has 4 aromatic rings. The summed E-state index contributed by atoms with van der Waals surface area (Å²) in [6.45, 7) is 3.54. The highest BCUT2D eigenvalue weighted by Crippen LogP contribution is 2.27. The molecule has 0 unspecified atom stereocenters. The summed E-state index contributed by atoms with van der Waals surface area (Å²) in [5.74, 6) is 1.48. The van der Waals surface area contributed by atoms with Gasteiger partial charge in [0.1, 0.15) is 17.5 Å². The standard InChI is InChI=1S/C25H26N8/c26-17-19-7-8-23(30-18-19)27-9-10-29-25-31-22(16-24-28-11-14-33(24)25)20-5-4-6-21(15-20)32-12-2-1-3-13-32/h4-8,11,14-16,18H,1-3,9-10,12-13H2,(H,27,30)(H,29,31). The lowest BCUT2D eigenvalue weighted by Crippen LogP contribution is -2.29. The van der Waals surface area contributed by atoms with Gasteiger partial charge in [0.25, 0.3) is 0 Å². The second kappa shape index (κ2) is 9.57. The van der Waals surface area contributed by atoms with Crippen molar-refractivity contribution in [2.45, 2.75) is 19.3 Å². The lowest BCUT2D eigenvalue weighted by Gasteiger charge is -2.29. The van der Waals surface area contributed by atoms with Gasteiger partial charge < -0.3 is 15.5 Å². The van der Waals surface area contributed by atoms with Gasteiger partial charge in [-0.25, -0.2) is 15.0 Å². The molecule has 0 saturated carbocycles. The maximum atomic E-state index is 8.89. The SMILES string of the molecule is N#Cc1ccc(NCCNc2nc(-c3cccc(N4CCCCC4)c3)cc3nccn23)nc1. The molecule has 1 aliphatic heterocycles. The molecule has 2 N–H and O–H groups in total. The van der Waals surface area contributed by atoms with Crippen molar-refractivity contribution < 1.29 is 0 Å². The first-order valence-electron chi connectivity index (χ1n) is 11.3. The first-order chi connectivity index (χ1) is 16.3. The van der Waals surface area contributed by atoms with E-state index in [1.54, 1.807) is 24.5 Å². The number of aromatic nitrogens is 4. The van der Waals surface area contributed by atoms with Crippen molar-refractivity contribution in [2.75, 3.05) is 41.7 Å². The highest BCUT2D eigenvalue weighted by molar-refractivity contribution is 5.70.